The number of aliphatic carboxylic acids is 1. The molecule has 45 heavy (non-hydrogen) atoms. The van der Waals surface area contributed by atoms with Gasteiger partial charge < -0.3 is 35.0 Å². The SMILES string of the molecule is CCC(C)C(C(CC(=O)N1CCCC1C(OC)C(C)C(=O)NC(CCc1ccccc1)CC(=O)O)OC)N(C)C(=O)CNC=O. The second kappa shape index (κ2) is 19.1. The number of carboxylic acid groups (broad SMARTS) is 1. The number of nitrogens with one attached hydrogen (secondary N) is 2. The third-order valence-corrected chi connectivity index (χ3v) is 9.03. The van der Waals surface area contributed by atoms with Crippen molar-refractivity contribution in [2.75, 3.05) is 34.4 Å². The number of carbonyl (C=O) groups is 5. The maximum absolute atomic E-state index is 13.8. The zero-order chi connectivity index (χ0) is 33.5. The minimum atomic E-state index is -0.993. The van der Waals surface area contributed by atoms with E-state index in [4.69, 9.17) is 9.47 Å². The number of hydrogen-bond acceptors (Lipinski definition) is 7. The minimum absolute atomic E-state index is 0.0124. The molecule has 1 aliphatic heterocycles. The van der Waals surface area contributed by atoms with Gasteiger partial charge in [-0.05, 0) is 37.2 Å². The number of hydrogen-bond donors (Lipinski definition) is 3. The molecule has 7 atom stereocenters. The van der Waals surface area contributed by atoms with Gasteiger partial charge in [0.05, 0.1) is 49.6 Å². The van der Waals surface area contributed by atoms with Crippen LogP contribution in [-0.4, -0.2) is 110 Å². The van der Waals surface area contributed by atoms with E-state index in [2.05, 4.69) is 10.6 Å². The molecule has 1 saturated heterocycles. The fourth-order valence-electron chi connectivity index (χ4n) is 6.33. The molecule has 0 aliphatic carbocycles. The molecule has 1 aromatic rings. The topological polar surface area (TPSA) is 155 Å². The van der Waals surface area contributed by atoms with Gasteiger partial charge >= 0.3 is 5.97 Å². The summed E-state index contributed by atoms with van der Waals surface area (Å²) >= 11 is 0. The second-order valence-corrected chi connectivity index (χ2v) is 12.0. The van der Waals surface area contributed by atoms with Gasteiger partial charge in [-0.1, -0.05) is 57.5 Å². The summed E-state index contributed by atoms with van der Waals surface area (Å²) in [6, 6.07) is 8.37. The number of benzene rings is 1. The van der Waals surface area contributed by atoms with Crippen molar-refractivity contribution in [3.63, 3.8) is 0 Å². The van der Waals surface area contributed by atoms with Crippen LogP contribution in [0.3, 0.4) is 0 Å². The number of aryl methyl sites for hydroxylation is 1. The van der Waals surface area contributed by atoms with E-state index in [1.165, 1.54) is 14.2 Å². The van der Waals surface area contributed by atoms with Gasteiger partial charge in [0, 0.05) is 33.9 Å². The van der Waals surface area contributed by atoms with Crippen LogP contribution < -0.4 is 10.6 Å². The van der Waals surface area contributed by atoms with Crippen LogP contribution in [0, 0.1) is 11.8 Å². The molecule has 1 aliphatic rings. The molecule has 3 N–H and O–H groups in total. The number of likely N-dealkylation sites (tertiary alicyclic amines) is 1. The summed E-state index contributed by atoms with van der Waals surface area (Å²) < 4.78 is 11.6. The predicted octanol–water partition coefficient (Wildman–Crippen LogP) is 2.25. The van der Waals surface area contributed by atoms with Gasteiger partial charge in [0.25, 0.3) is 0 Å². The van der Waals surface area contributed by atoms with Crippen LogP contribution in [0.5, 0.6) is 0 Å². The highest BCUT2D eigenvalue weighted by Crippen LogP contribution is 2.29. The fourth-order valence-corrected chi connectivity index (χ4v) is 6.33. The summed E-state index contributed by atoms with van der Waals surface area (Å²) in [7, 11) is 4.69. The molecule has 1 fully saturated rings. The quantitative estimate of drug-likeness (QED) is 0.185. The molecule has 0 spiro atoms. The van der Waals surface area contributed by atoms with Gasteiger partial charge in [-0.3, -0.25) is 24.0 Å². The van der Waals surface area contributed by atoms with E-state index in [1.54, 1.807) is 23.8 Å². The van der Waals surface area contributed by atoms with Crippen molar-refractivity contribution in [1.29, 1.82) is 0 Å². The molecule has 1 heterocycles. The largest absolute Gasteiger partial charge is 0.481 e. The van der Waals surface area contributed by atoms with Crippen molar-refractivity contribution < 1.29 is 38.6 Å². The molecule has 1 aromatic carbocycles. The summed E-state index contributed by atoms with van der Waals surface area (Å²) in [4.78, 5) is 65.6. The van der Waals surface area contributed by atoms with E-state index in [-0.39, 0.29) is 49.1 Å². The molecule has 0 aromatic heterocycles. The van der Waals surface area contributed by atoms with E-state index in [0.717, 1.165) is 18.4 Å². The number of carbonyl (C=O) groups excluding carboxylic acids is 4. The van der Waals surface area contributed by atoms with E-state index in [9.17, 15) is 29.1 Å². The highest BCUT2D eigenvalue weighted by Gasteiger charge is 2.42. The Morgan fingerprint density at radius 1 is 1.11 bits per heavy atom. The molecule has 7 unspecified atom stereocenters. The van der Waals surface area contributed by atoms with Crippen molar-refractivity contribution >= 4 is 30.1 Å². The molecule has 0 saturated carbocycles. The first kappa shape index (κ1) is 37.7. The van der Waals surface area contributed by atoms with Crippen molar-refractivity contribution in [2.45, 2.75) is 96.1 Å². The summed E-state index contributed by atoms with van der Waals surface area (Å²) in [5.74, 6) is -2.40. The molecule has 2 rings (SSSR count). The summed E-state index contributed by atoms with van der Waals surface area (Å²) in [6.07, 6.45) is 2.32. The Bertz CT molecular complexity index is 1100. The van der Waals surface area contributed by atoms with Crippen molar-refractivity contribution in [3.8, 4) is 0 Å². The van der Waals surface area contributed by atoms with Crippen LogP contribution in [-0.2, 0) is 39.9 Å². The predicted molar refractivity (Wildman–Crippen MR) is 169 cm³/mol. The van der Waals surface area contributed by atoms with Crippen LogP contribution in [0.1, 0.15) is 64.9 Å². The van der Waals surface area contributed by atoms with Gasteiger partial charge in [0.2, 0.25) is 24.1 Å². The third-order valence-electron chi connectivity index (χ3n) is 9.03. The summed E-state index contributed by atoms with van der Waals surface area (Å²) in [6.45, 7) is 6.09. The summed E-state index contributed by atoms with van der Waals surface area (Å²) in [5, 5.41) is 14.8. The molecule has 0 bridgehead atoms. The lowest BCUT2D eigenvalue weighted by Crippen LogP contribution is -2.54. The van der Waals surface area contributed by atoms with Crippen LogP contribution in [0.2, 0.25) is 0 Å². The Hall–Kier alpha value is -3.51. The average molecular weight is 633 g/mol. The van der Waals surface area contributed by atoms with E-state index < -0.39 is 36.2 Å². The van der Waals surface area contributed by atoms with Crippen molar-refractivity contribution in [1.82, 2.24) is 20.4 Å². The van der Waals surface area contributed by atoms with Crippen LogP contribution >= 0.6 is 0 Å². The first-order valence-corrected chi connectivity index (χ1v) is 15.8. The lowest BCUT2D eigenvalue weighted by molar-refractivity contribution is -0.146. The highest BCUT2D eigenvalue weighted by molar-refractivity contribution is 5.82. The molecule has 0 radical (unpaired) electrons. The number of ether oxygens (including phenoxy) is 2. The lowest BCUT2D eigenvalue weighted by Gasteiger charge is -2.39. The van der Waals surface area contributed by atoms with E-state index >= 15 is 0 Å². The average Bonchev–Trinajstić information content (AvgIpc) is 3.52. The van der Waals surface area contributed by atoms with Gasteiger partial charge in [-0.25, -0.2) is 0 Å². The second-order valence-electron chi connectivity index (χ2n) is 12.0. The number of likely N-dealkylation sites (N-methyl/N-ethyl adjacent to an activating group) is 1. The molecule has 252 valence electrons. The normalized spacial score (nSPS) is 18.6. The van der Waals surface area contributed by atoms with Gasteiger partial charge in [-0.15, -0.1) is 0 Å². The maximum atomic E-state index is 13.8. The zero-order valence-corrected chi connectivity index (χ0v) is 27.6. The molecular formula is C33H52N4O8. The smallest absolute Gasteiger partial charge is 0.305 e. The Kier molecular flexibility index (Phi) is 16.0. The maximum Gasteiger partial charge on any atom is 0.305 e. The first-order chi connectivity index (χ1) is 21.5. The minimum Gasteiger partial charge on any atom is -0.481 e. The fraction of sp³-hybridized carbons (Fsp3) is 0.667. The Labute approximate surface area is 267 Å². The molecule has 4 amide bonds. The molecular weight excluding hydrogens is 580 g/mol. The molecule has 12 nitrogen and oxygen atoms in total. The standard InChI is InChI=1S/C33H52N4O8/c1-7-22(2)31(36(4)29(40)20-34-21-38)27(44-5)19-28(39)37-17-11-14-26(37)32(45-6)23(3)33(43)35-25(18-30(41)42)16-15-24-12-9-8-10-13-24/h8-10,12-13,21-23,25-27,31-32H,7,11,14-20H2,1-6H3,(H,34,38)(H,35,43)(H,41,42). The Balaban J connectivity index is 2.15. The summed E-state index contributed by atoms with van der Waals surface area (Å²) in [5.41, 5.74) is 1.06. The van der Waals surface area contributed by atoms with Crippen LogP contribution in [0.15, 0.2) is 30.3 Å². The van der Waals surface area contributed by atoms with Gasteiger partial charge in [0.15, 0.2) is 0 Å². The van der Waals surface area contributed by atoms with Gasteiger partial charge in [-0.2, -0.15) is 0 Å². The monoisotopic (exact) mass is 632 g/mol. The first-order valence-electron chi connectivity index (χ1n) is 15.8. The van der Waals surface area contributed by atoms with Crippen LogP contribution in [0.4, 0.5) is 0 Å². The number of carboxylic acids is 1. The van der Waals surface area contributed by atoms with Crippen molar-refractivity contribution in [2.24, 2.45) is 11.8 Å². The highest BCUT2D eigenvalue weighted by atomic mass is 16.5. The lowest BCUT2D eigenvalue weighted by atomic mass is 9.90. The zero-order valence-electron chi connectivity index (χ0n) is 27.6. The van der Waals surface area contributed by atoms with Crippen LogP contribution in [0.25, 0.3) is 0 Å². The van der Waals surface area contributed by atoms with Gasteiger partial charge in [0.1, 0.15) is 0 Å². The van der Waals surface area contributed by atoms with E-state index in [1.807, 2.05) is 44.2 Å². The van der Waals surface area contributed by atoms with E-state index in [0.29, 0.717) is 32.2 Å². The Morgan fingerprint density at radius 2 is 1.80 bits per heavy atom. The number of amides is 4. The van der Waals surface area contributed by atoms with Crippen molar-refractivity contribution in [3.05, 3.63) is 35.9 Å². The Morgan fingerprint density at radius 3 is 2.38 bits per heavy atom. The number of nitrogens with zero attached hydrogens (tertiary/aromatic N) is 2. The number of rotatable bonds is 20. The molecule has 12 heteroatoms. The third kappa shape index (κ3) is 11.1. The number of methoxy groups -OCH3 is 2.